The van der Waals surface area contributed by atoms with Crippen molar-refractivity contribution in [2.45, 2.75) is 59.5 Å². The minimum Gasteiger partial charge on any atom is -0.353 e. The highest BCUT2D eigenvalue weighted by Crippen LogP contribution is 2.14. The lowest BCUT2D eigenvalue weighted by molar-refractivity contribution is -0.185. The van der Waals surface area contributed by atoms with Crippen molar-refractivity contribution < 1.29 is 18.9 Å². The van der Waals surface area contributed by atoms with Crippen LogP contribution in [0, 0.1) is 11.8 Å². The maximum absolute atomic E-state index is 5.37. The first-order chi connectivity index (χ1) is 9.08. The molecule has 2 fully saturated rings. The van der Waals surface area contributed by atoms with Crippen LogP contribution in [0.4, 0.5) is 0 Å². The lowest BCUT2D eigenvalue weighted by Crippen LogP contribution is -2.26. The SMILES string of the molecule is CC(C)CC1OCCCO1.CC(C)CC1OCCO1. The maximum atomic E-state index is 5.37. The number of rotatable bonds is 4. The monoisotopic (exact) mass is 274 g/mol. The predicted molar refractivity (Wildman–Crippen MR) is 74.9 cm³/mol. The van der Waals surface area contributed by atoms with Crippen molar-refractivity contribution in [2.75, 3.05) is 26.4 Å². The molecule has 2 aliphatic rings. The van der Waals surface area contributed by atoms with Gasteiger partial charge in [-0.3, -0.25) is 0 Å². The van der Waals surface area contributed by atoms with Gasteiger partial charge in [-0.1, -0.05) is 27.7 Å². The van der Waals surface area contributed by atoms with E-state index in [1.165, 1.54) is 0 Å². The third kappa shape index (κ3) is 8.58. The van der Waals surface area contributed by atoms with Crippen molar-refractivity contribution in [1.82, 2.24) is 0 Å². The average molecular weight is 274 g/mol. The molecule has 0 radical (unpaired) electrons. The highest BCUT2D eigenvalue weighted by Gasteiger charge is 2.16. The van der Waals surface area contributed by atoms with Crippen molar-refractivity contribution in [2.24, 2.45) is 11.8 Å². The summed E-state index contributed by atoms with van der Waals surface area (Å²) in [5, 5.41) is 0. The van der Waals surface area contributed by atoms with Crippen LogP contribution in [0.5, 0.6) is 0 Å². The highest BCUT2D eigenvalue weighted by molar-refractivity contribution is 4.55. The van der Waals surface area contributed by atoms with Crippen LogP contribution in [0.2, 0.25) is 0 Å². The maximum Gasteiger partial charge on any atom is 0.158 e. The fraction of sp³-hybridized carbons (Fsp3) is 1.00. The molecule has 0 N–H and O–H groups in total. The number of ether oxygens (including phenoxy) is 4. The van der Waals surface area contributed by atoms with Gasteiger partial charge in [-0.05, 0) is 18.3 Å². The van der Waals surface area contributed by atoms with Crippen LogP contribution in [0.3, 0.4) is 0 Å². The van der Waals surface area contributed by atoms with Crippen LogP contribution in [0.1, 0.15) is 47.0 Å². The Morgan fingerprint density at radius 1 is 0.684 bits per heavy atom. The van der Waals surface area contributed by atoms with E-state index in [4.69, 9.17) is 18.9 Å². The average Bonchev–Trinajstić information content (AvgIpc) is 2.82. The summed E-state index contributed by atoms with van der Waals surface area (Å²) in [6.07, 6.45) is 3.27. The fourth-order valence-corrected chi connectivity index (χ4v) is 1.99. The molecule has 0 aromatic heterocycles. The molecule has 4 nitrogen and oxygen atoms in total. The van der Waals surface area contributed by atoms with E-state index in [1.807, 2.05) is 0 Å². The first-order valence-electron chi connectivity index (χ1n) is 7.54. The van der Waals surface area contributed by atoms with E-state index >= 15 is 0 Å². The van der Waals surface area contributed by atoms with E-state index in [-0.39, 0.29) is 12.6 Å². The largest absolute Gasteiger partial charge is 0.353 e. The molecule has 0 atom stereocenters. The topological polar surface area (TPSA) is 36.9 Å². The Kier molecular flexibility index (Phi) is 8.62. The van der Waals surface area contributed by atoms with Crippen LogP contribution in [-0.2, 0) is 18.9 Å². The van der Waals surface area contributed by atoms with Gasteiger partial charge < -0.3 is 18.9 Å². The van der Waals surface area contributed by atoms with Gasteiger partial charge in [0.05, 0.1) is 26.4 Å². The zero-order valence-electron chi connectivity index (χ0n) is 12.9. The Hall–Kier alpha value is -0.160. The van der Waals surface area contributed by atoms with Gasteiger partial charge in [0, 0.05) is 12.8 Å². The van der Waals surface area contributed by atoms with Gasteiger partial charge in [0.15, 0.2) is 12.6 Å². The second-order valence-corrected chi connectivity index (χ2v) is 5.95. The molecule has 0 aliphatic carbocycles. The van der Waals surface area contributed by atoms with Crippen LogP contribution >= 0.6 is 0 Å². The Labute approximate surface area is 117 Å². The summed E-state index contributed by atoms with van der Waals surface area (Å²) >= 11 is 0. The summed E-state index contributed by atoms with van der Waals surface area (Å²) in [5.74, 6) is 1.34. The molecule has 2 rings (SSSR count). The third-order valence-electron chi connectivity index (χ3n) is 2.91. The minimum absolute atomic E-state index is 0.0775. The second-order valence-electron chi connectivity index (χ2n) is 5.95. The van der Waals surface area contributed by atoms with E-state index in [1.54, 1.807) is 0 Å². The molecule has 0 unspecified atom stereocenters. The van der Waals surface area contributed by atoms with Gasteiger partial charge >= 0.3 is 0 Å². The molecule has 114 valence electrons. The van der Waals surface area contributed by atoms with Gasteiger partial charge in [-0.2, -0.15) is 0 Å². The molecule has 19 heavy (non-hydrogen) atoms. The van der Waals surface area contributed by atoms with Crippen LogP contribution in [0.25, 0.3) is 0 Å². The molecule has 0 amide bonds. The lowest BCUT2D eigenvalue weighted by atomic mass is 10.1. The first kappa shape index (κ1) is 16.9. The number of hydrogen-bond acceptors (Lipinski definition) is 4. The van der Waals surface area contributed by atoms with E-state index in [9.17, 15) is 0 Å². The summed E-state index contributed by atoms with van der Waals surface area (Å²) in [7, 11) is 0. The lowest BCUT2D eigenvalue weighted by Gasteiger charge is -2.24. The van der Waals surface area contributed by atoms with Crippen molar-refractivity contribution in [1.29, 1.82) is 0 Å². The smallest absolute Gasteiger partial charge is 0.158 e. The van der Waals surface area contributed by atoms with Crippen molar-refractivity contribution in [3.05, 3.63) is 0 Å². The van der Waals surface area contributed by atoms with Crippen LogP contribution in [0.15, 0.2) is 0 Å². The molecule has 2 aliphatic heterocycles. The Balaban J connectivity index is 0.000000191. The summed E-state index contributed by atoms with van der Waals surface area (Å²) < 4.78 is 21.2. The second kappa shape index (κ2) is 9.70. The van der Waals surface area contributed by atoms with Crippen molar-refractivity contribution in [3.8, 4) is 0 Å². The Morgan fingerprint density at radius 2 is 1.05 bits per heavy atom. The van der Waals surface area contributed by atoms with Crippen molar-refractivity contribution >= 4 is 0 Å². The van der Waals surface area contributed by atoms with E-state index in [0.717, 1.165) is 45.7 Å². The van der Waals surface area contributed by atoms with Gasteiger partial charge in [-0.15, -0.1) is 0 Å². The quantitative estimate of drug-likeness (QED) is 0.789. The summed E-state index contributed by atoms with van der Waals surface area (Å²) in [6, 6.07) is 0. The molecule has 0 aromatic rings. The van der Waals surface area contributed by atoms with Gasteiger partial charge in [0.2, 0.25) is 0 Å². The normalized spacial score (nSPS) is 21.8. The highest BCUT2D eigenvalue weighted by atomic mass is 16.7. The van der Waals surface area contributed by atoms with Gasteiger partial charge in [-0.25, -0.2) is 0 Å². The predicted octanol–water partition coefficient (Wildman–Crippen LogP) is 3.20. The molecule has 2 saturated heterocycles. The van der Waals surface area contributed by atoms with Gasteiger partial charge in [0.25, 0.3) is 0 Å². The molecular weight excluding hydrogens is 244 g/mol. The van der Waals surface area contributed by atoms with Crippen molar-refractivity contribution in [3.63, 3.8) is 0 Å². The zero-order chi connectivity index (χ0) is 14.1. The first-order valence-corrected chi connectivity index (χ1v) is 7.54. The standard InChI is InChI=1S/C8H16O2.C7H14O2/c1-7(2)6-8-9-4-3-5-10-8;1-6(2)5-7-8-3-4-9-7/h7-8H,3-6H2,1-2H3;6-7H,3-5H2,1-2H3. The summed E-state index contributed by atoms with van der Waals surface area (Å²) in [4.78, 5) is 0. The molecule has 0 aromatic carbocycles. The van der Waals surface area contributed by atoms with E-state index in [0.29, 0.717) is 11.8 Å². The molecule has 0 saturated carbocycles. The molecular formula is C15H30O4. The van der Waals surface area contributed by atoms with Gasteiger partial charge in [0.1, 0.15) is 0 Å². The number of hydrogen-bond donors (Lipinski definition) is 0. The summed E-state index contributed by atoms with van der Waals surface area (Å²) in [5.41, 5.74) is 0. The van der Waals surface area contributed by atoms with Crippen LogP contribution < -0.4 is 0 Å². The molecule has 4 heteroatoms. The Bertz CT molecular complexity index is 206. The van der Waals surface area contributed by atoms with E-state index < -0.39 is 0 Å². The molecule has 2 heterocycles. The third-order valence-corrected chi connectivity index (χ3v) is 2.91. The summed E-state index contributed by atoms with van der Waals surface area (Å²) in [6.45, 7) is 12.0. The zero-order valence-corrected chi connectivity index (χ0v) is 12.9. The molecule has 0 spiro atoms. The molecule has 0 bridgehead atoms. The van der Waals surface area contributed by atoms with E-state index in [2.05, 4.69) is 27.7 Å². The van der Waals surface area contributed by atoms with Crippen LogP contribution in [-0.4, -0.2) is 39.0 Å². The Morgan fingerprint density at radius 3 is 1.42 bits per heavy atom. The fourth-order valence-electron chi connectivity index (χ4n) is 1.99. The minimum atomic E-state index is 0.0775.